The lowest BCUT2D eigenvalue weighted by molar-refractivity contribution is 0.0697. The van der Waals surface area contributed by atoms with Crippen LogP contribution in [-0.4, -0.2) is 17.3 Å². The van der Waals surface area contributed by atoms with Crippen LogP contribution in [0.15, 0.2) is 54.1 Å². The van der Waals surface area contributed by atoms with Crippen molar-refractivity contribution in [2.24, 2.45) is 5.10 Å². The Kier molecular flexibility index (Phi) is 4.96. The first-order chi connectivity index (χ1) is 10.5. The van der Waals surface area contributed by atoms with Crippen molar-refractivity contribution >= 4 is 35.0 Å². The number of hydrazone groups is 1. The van der Waals surface area contributed by atoms with Crippen LogP contribution in [0.5, 0.6) is 0 Å². The van der Waals surface area contributed by atoms with E-state index in [2.05, 4.69) is 17.1 Å². The van der Waals surface area contributed by atoms with Gasteiger partial charge in [0.15, 0.2) is 0 Å². The fourth-order valence-electron chi connectivity index (χ4n) is 1.75. The molecule has 2 aromatic carbocycles. The molecular weight excluding hydrogens is 300 g/mol. The average Bonchev–Trinajstić information content (AvgIpc) is 2.51. The molecule has 0 saturated heterocycles. The molecule has 0 aliphatic heterocycles. The highest BCUT2D eigenvalue weighted by atomic mass is 35.5. The monoisotopic (exact) mass is 314 g/mol. The molecule has 0 unspecified atom stereocenters. The number of nitrogens with zero attached hydrogens (tertiary/aromatic N) is 1. The van der Waals surface area contributed by atoms with E-state index in [1.54, 1.807) is 24.4 Å². The van der Waals surface area contributed by atoms with Crippen molar-refractivity contribution in [1.29, 1.82) is 0 Å². The van der Waals surface area contributed by atoms with Crippen LogP contribution in [0.1, 0.15) is 21.5 Å². The summed E-state index contributed by atoms with van der Waals surface area (Å²) in [6.45, 7) is 5.83. The van der Waals surface area contributed by atoms with Gasteiger partial charge in [0, 0.05) is 5.02 Å². The molecule has 0 spiro atoms. The smallest absolute Gasteiger partial charge is 0.335 e. The molecule has 0 saturated carbocycles. The van der Waals surface area contributed by atoms with E-state index in [9.17, 15) is 4.79 Å². The van der Waals surface area contributed by atoms with Gasteiger partial charge in [0.05, 0.1) is 17.5 Å². The molecule has 0 aliphatic carbocycles. The summed E-state index contributed by atoms with van der Waals surface area (Å²) in [5.74, 6) is -0.955. The number of halogens is 1. The molecule has 0 bridgehead atoms. The summed E-state index contributed by atoms with van der Waals surface area (Å²) < 4.78 is 0. The number of hydrogen-bond donors (Lipinski definition) is 2. The number of nitrogens with one attached hydrogen (secondary N) is 1. The standard InChI is InChI=1S/C17H15ClN2O2/c1-11-3-8-15(9-16(11)18)20-19-10-12(2)13-4-6-14(7-5-13)17(21)22/h3-10,20H,2H2,1H3,(H,21,22)/b19-10-. The van der Waals surface area contributed by atoms with Crippen molar-refractivity contribution in [2.45, 2.75) is 6.92 Å². The summed E-state index contributed by atoms with van der Waals surface area (Å²) in [6, 6.07) is 12.0. The summed E-state index contributed by atoms with van der Waals surface area (Å²) in [7, 11) is 0. The third kappa shape index (κ3) is 3.96. The lowest BCUT2D eigenvalue weighted by atomic mass is 10.1. The predicted molar refractivity (Wildman–Crippen MR) is 90.7 cm³/mol. The second-order valence-electron chi connectivity index (χ2n) is 4.74. The minimum atomic E-state index is -0.955. The van der Waals surface area contributed by atoms with Crippen LogP contribution in [0.2, 0.25) is 5.02 Å². The number of anilines is 1. The zero-order chi connectivity index (χ0) is 16.1. The van der Waals surface area contributed by atoms with Crippen molar-refractivity contribution in [2.75, 3.05) is 5.43 Å². The molecule has 0 heterocycles. The highest BCUT2D eigenvalue weighted by Gasteiger charge is 2.02. The maximum atomic E-state index is 10.8. The number of carboxylic acid groups (broad SMARTS) is 1. The molecule has 0 radical (unpaired) electrons. The maximum absolute atomic E-state index is 10.8. The second-order valence-corrected chi connectivity index (χ2v) is 5.15. The molecule has 2 N–H and O–H groups in total. The van der Waals surface area contributed by atoms with Crippen LogP contribution in [0, 0.1) is 6.92 Å². The third-order valence-corrected chi connectivity index (χ3v) is 3.50. The minimum Gasteiger partial charge on any atom is -0.478 e. The largest absolute Gasteiger partial charge is 0.478 e. The number of carbonyl (C=O) groups is 1. The topological polar surface area (TPSA) is 61.7 Å². The van der Waals surface area contributed by atoms with Gasteiger partial charge in [-0.2, -0.15) is 5.10 Å². The normalized spacial score (nSPS) is 10.6. The Morgan fingerprint density at radius 2 is 1.86 bits per heavy atom. The molecule has 0 atom stereocenters. The van der Waals surface area contributed by atoms with E-state index in [0.717, 1.165) is 16.8 Å². The van der Waals surface area contributed by atoms with E-state index in [0.29, 0.717) is 10.6 Å². The molecule has 0 amide bonds. The van der Waals surface area contributed by atoms with Gasteiger partial charge in [0.2, 0.25) is 0 Å². The highest BCUT2D eigenvalue weighted by molar-refractivity contribution is 6.31. The van der Waals surface area contributed by atoms with Crippen molar-refractivity contribution < 1.29 is 9.90 Å². The Bertz CT molecular complexity index is 737. The van der Waals surface area contributed by atoms with E-state index in [1.165, 1.54) is 12.1 Å². The van der Waals surface area contributed by atoms with Crippen LogP contribution in [-0.2, 0) is 0 Å². The van der Waals surface area contributed by atoms with Gasteiger partial charge in [-0.3, -0.25) is 5.43 Å². The number of allylic oxidation sites excluding steroid dienone is 1. The summed E-state index contributed by atoms with van der Waals surface area (Å²) in [5.41, 5.74) is 6.36. The molecule has 2 aromatic rings. The fourth-order valence-corrected chi connectivity index (χ4v) is 1.93. The molecule has 5 heteroatoms. The minimum absolute atomic E-state index is 0.237. The first-order valence-corrected chi connectivity index (χ1v) is 6.93. The van der Waals surface area contributed by atoms with E-state index >= 15 is 0 Å². The average molecular weight is 315 g/mol. The molecule has 2 rings (SSSR count). The van der Waals surface area contributed by atoms with Crippen LogP contribution >= 0.6 is 11.6 Å². The lowest BCUT2D eigenvalue weighted by Gasteiger charge is -2.04. The molecular formula is C17H15ClN2O2. The molecule has 0 fully saturated rings. The first-order valence-electron chi connectivity index (χ1n) is 6.55. The van der Waals surface area contributed by atoms with Crippen LogP contribution in [0.4, 0.5) is 5.69 Å². The highest BCUT2D eigenvalue weighted by Crippen LogP contribution is 2.20. The van der Waals surface area contributed by atoms with Gasteiger partial charge in [-0.25, -0.2) is 4.79 Å². The Hall–Kier alpha value is -2.59. The van der Waals surface area contributed by atoms with Crippen LogP contribution in [0.25, 0.3) is 5.57 Å². The lowest BCUT2D eigenvalue weighted by Crippen LogP contribution is -1.96. The summed E-state index contributed by atoms with van der Waals surface area (Å²) in [4.78, 5) is 10.8. The number of aromatic carboxylic acids is 1. The summed E-state index contributed by atoms with van der Waals surface area (Å²) >= 11 is 6.03. The van der Waals surface area contributed by atoms with Crippen LogP contribution in [0.3, 0.4) is 0 Å². The third-order valence-electron chi connectivity index (χ3n) is 3.09. The van der Waals surface area contributed by atoms with Gasteiger partial charge in [-0.15, -0.1) is 0 Å². The molecule has 0 aromatic heterocycles. The van der Waals surface area contributed by atoms with Gasteiger partial charge < -0.3 is 5.11 Å². The Balaban J connectivity index is 2.01. The zero-order valence-electron chi connectivity index (χ0n) is 12.0. The van der Waals surface area contributed by atoms with E-state index in [-0.39, 0.29) is 5.56 Å². The van der Waals surface area contributed by atoms with Gasteiger partial charge in [0.25, 0.3) is 0 Å². The van der Waals surface area contributed by atoms with Crippen molar-refractivity contribution in [3.8, 4) is 0 Å². The molecule has 22 heavy (non-hydrogen) atoms. The number of benzene rings is 2. The number of carboxylic acids is 1. The Morgan fingerprint density at radius 1 is 1.23 bits per heavy atom. The second kappa shape index (κ2) is 6.91. The number of rotatable bonds is 5. The van der Waals surface area contributed by atoms with Gasteiger partial charge in [0.1, 0.15) is 0 Å². The SMILES string of the molecule is C=C(/C=N\Nc1ccc(C)c(Cl)c1)c1ccc(C(=O)O)cc1. The quantitative estimate of drug-likeness (QED) is 0.632. The number of hydrogen-bond acceptors (Lipinski definition) is 3. The van der Waals surface area contributed by atoms with Crippen molar-refractivity contribution in [1.82, 2.24) is 0 Å². The van der Waals surface area contributed by atoms with Crippen LogP contribution < -0.4 is 5.43 Å². The predicted octanol–water partition coefficient (Wildman–Crippen LogP) is 4.46. The molecule has 0 aliphatic rings. The fraction of sp³-hybridized carbons (Fsp3) is 0.0588. The summed E-state index contributed by atoms with van der Waals surface area (Å²) in [6.07, 6.45) is 1.57. The first kappa shape index (κ1) is 15.8. The number of aryl methyl sites for hydroxylation is 1. The summed E-state index contributed by atoms with van der Waals surface area (Å²) in [5, 5.41) is 13.6. The maximum Gasteiger partial charge on any atom is 0.335 e. The van der Waals surface area contributed by atoms with E-state index in [1.807, 2.05) is 19.1 Å². The van der Waals surface area contributed by atoms with Gasteiger partial charge in [-0.05, 0) is 47.9 Å². The van der Waals surface area contributed by atoms with E-state index < -0.39 is 5.97 Å². The van der Waals surface area contributed by atoms with E-state index in [4.69, 9.17) is 16.7 Å². The van der Waals surface area contributed by atoms with Gasteiger partial charge >= 0.3 is 5.97 Å². The Labute approximate surface area is 133 Å². The van der Waals surface area contributed by atoms with Crippen molar-refractivity contribution in [3.05, 3.63) is 70.8 Å². The van der Waals surface area contributed by atoms with Crippen molar-refractivity contribution in [3.63, 3.8) is 0 Å². The Morgan fingerprint density at radius 3 is 2.45 bits per heavy atom. The van der Waals surface area contributed by atoms with Gasteiger partial charge in [-0.1, -0.05) is 36.4 Å². The molecule has 112 valence electrons. The molecule has 4 nitrogen and oxygen atoms in total. The zero-order valence-corrected chi connectivity index (χ0v) is 12.8.